The van der Waals surface area contributed by atoms with Gasteiger partial charge in [0.25, 0.3) is 11.8 Å². The van der Waals surface area contributed by atoms with Crippen molar-refractivity contribution in [3.8, 4) is 11.5 Å². The third-order valence-corrected chi connectivity index (χ3v) is 11.5. The van der Waals surface area contributed by atoms with Gasteiger partial charge in [0.15, 0.2) is 11.5 Å². The van der Waals surface area contributed by atoms with Crippen molar-refractivity contribution in [1.82, 2.24) is 5.32 Å². The summed E-state index contributed by atoms with van der Waals surface area (Å²) in [6, 6.07) is 30.3. The number of esters is 1. The normalized spacial score (nSPS) is 13.0. The number of hydrogen-bond donors (Lipinski definition) is 3. The van der Waals surface area contributed by atoms with Crippen molar-refractivity contribution in [3.05, 3.63) is 142 Å². The molecule has 55 heavy (non-hydrogen) atoms. The molecule has 4 aromatic carbocycles. The molecule has 3 amide bonds. The fourth-order valence-corrected chi connectivity index (χ4v) is 8.70. The molecule has 0 saturated carbocycles. The Balaban J connectivity index is 1.27. The zero-order chi connectivity index (χ0) is 38.7. The number of thiophene rings is 1. The van der Waals surface area contributed by atoms with Crippen molar-refractivity contribution in [2.45, 2.75) is 42.2 Å². The standard InChI is InChI=1S/C43H41N3O7S2/c1-51-34-23-13-19-29(37(34)52-2)25-33(45-39(47)28-17-9-5-10-18-28)40(48)44-30-20-14-21-31(26-30)54-38(27-15-7-4-8-16-27)41(49)46-42-36(43(50)53-3)32-22-11-6-12-24-35(32)55-42/h4-5,7-10,13-21,23,25-26,38H,6,11-12,22,24H2,1-3H3,(H,44,48)(H,45,47)(H,46,49)/b33-25+. The van der Waals surface area contributed by atoms with Crippen molar-refractivity contribution in [2.75, 3.05) is 32.0 Å². The third kappa shape index (κ3) is 9.45. The maximum absolute atomic E-state index is 14.2. The summed E-state index contributed by atoms with van der Waals surface area (Å²) in [5, 5.41) is 8.53. The minimum absolute atomic E-state index is 0.0317. The lowest BCUT2D eigenvalue weighted by atomic mass is 10.1. The van der Waals surface area contributed by atoms with E-state index in [0.717, 1.165) is 48.1 Å². The van der Waals surface area contributed by atoms with Crippen LogP contribution in [0, 0.1) is 0 Å². The number of rotatable bonds is 13. The molecule has 1 heterocycles. The van der Waals surface area contributed by atoms with Gasteiger partial charge in [0.2, 0.25) is 5.91 Å². The summed E-state index contributed by atoms with van der Waals surface area (Å²) in [7, 11) is 4.37. The highest BCUT2D eigenvalue weighted by Gasteiger charge is 2.29. The summed E-state index contributed by atoms with van der Waals surface area (Å²) in [4.78, 5) is 56.2. The Morgan fingerprint density at radius 2 is 1.51 bits per heavy atom. The SMILES string of the molecule is COC(=O)c1c(NC(=O)C(Sc2cccc(NC(=O)/C(=C\c3cccc(OC)c3OC)NC(=O)c3ccccc3)c2)c2ccccc2)sc2c1CCCCC2. The smallest absolute Gasteiger partial charge is 0.341 e. The number of anilines is 2. The number of fused-ring (bicyclic) bond motifs is 1. The molecule has 0 spiro atoms. The molecule has 1 aliphatic rings. The van der Waals surface area contributed by atoms with Crippen molar-refractivity contribution in [2.24, 2.45) is 0 Å². The van der Waals surface area contributed by atoms with Crippen LogP contribution in [0.3, 0.4) is 0 Å². The number of thioether (sulfide) groups is 1. The predicted octanol–water partition coefficient (Wildman–Crippen LogP) is 8.70. The van der Waals surface area contributed by atoms with E-state index in [1.165, 1.54) is 50.5 Å². The lowest BCUT2D eigenvalue weighted by Gasteiger charge is -2.18. The van der Waals surface area contributed by atoms with Gasteiger partial charge >= 0.3 is 5.97 Å². The Labute approximate surface area is 328 Å². The molecule has 0 aliphatic heterocycles. The molecule has 1 atom stereocenters. The van der Waals surface area contributed by atoms with Crippen LogP contribution in [0.4, 0.5) is 10.7 Å². The fourth-order valence-electron chi connectivity index (χ4n) is 6.33. The third-order valence-electron chi connectivity index (χ3n) is 9.00. The first-order chi connectivity index (χ1) is 26.8. The van der Waals surface area contributed by atoms with E-state index in [1.54, 1.807) is 66.7 Å². The van der Waals surface area contributed by atoms with E-state index in [9.17, 15) is 19.2 Å². The number of aryl methyl sites for hydroxylation is 1. The van der Waals surface area contributed by atoms with E-state index in [0.29, 0.717) is 43.8 Å². The van der Waals surface area contributed by atoms with Crippen molar-refractivity contribution >= 4 is 63.6 Å². The maximum atomic E-state index is 14.2. The average molecular weight is 776 g/mol. The summed E-state index contributed by atoms with van der Waals surface area (Å²) in [6.07, 6.45) is 6.24. The van der Waals surface area contributed by atoms with E-state index in [-0.39, 0.29) is 11.6 Å². The van der Waals surface area contributed by atoms with Gasteiger partial charge in [-0.3, -0.25) is 14.4 Å². The first kappa shape index (κ1) is 38.9. The molecule has 3 N–H and O–H groups in total. The number of nitrogens with one attached hydrogen (secondary N) is 3. The number of methoxy groups -OCH3 is 3. The fraction of sp³-hybridized carbons (Fsp3) is 0.209. The van der Waals surface area contributed by atoms with Gasteiger partial charge in [-0.25, -0.2) is 4.79 Å². The summed E-state index contributed by atoms with van der Waals surface area (Å²) >= 11 is 2.75. The van der Waals surface area contributed by atoms with Crippen LogP contribution in [0.2, 0.25) is 0 Å². The van der Waals surface area contributed by atoms with Crippen molar-refractivity contribution < 1.29 is 33.4 Å². The molecule has 6 rings (SSSR count). The van der Waals surface area contributed by atoms with E-state index < -0.39 is 23.0 Å². The van der Waals surface area contributed by atoms with Crippen LogP contribution >= 0.6 is 23.1 Å². The molecule has 1 aliphatic carbocycles. The van der Waals surface area contributed by atoms with Crippen LogP contribution in [0.25, 0.3) is 6.08 Å². The number of benzene rings is 4. The maximum Gasteiger partial charge on any atom is 0.341 e. The number of ether oxygens (including phenoxy) is 3. The van der Waals surface area contributed by atoms with Gasteiger partial charge in [-0.15, -0.1) is 23.1 Å². The molecule has 1 aromatic heterocycles. The van der Waals surface area contributed by atoms with Crippen LogP contribution in [-0.4, -0.2) is 45.0 Å². The van der Waals surface area contributed by atoms with Gasteiger partial charge in [0.05, 0.1) is 26.9 Å². The number of hydrogen-bond acceptors (Lipinski definition) is 9. The second-order valence-corrected chi connectivity index (χ2v) is 14.9. The molecule has 0 bridgehead atoms. The number of amides is 3. The van der Waals surface area contributed by atoms with Crippen molar-refractivity contribution in [1.29, 1.82) is 0 Å². The van der Waals surface area contributed by atoms with Crippen molar-refractivity contribution in [3.63, 3.8) is 0 Å². The topological polar surface area (TPSA) is 132 Å². The van der Waals surface area contributed by atoms with Gasteiger partial charge in [-0.05, 0) is 79.3 Å². The molecule has 0 fully saturated rings. The number of carbonyl (C=O) groups is 4. The summed E-state index contributed by atoms with van der Waals surface area (Å²) in [5.74, 6) is -0.954. The summed E-state index contributed by atoms with van der Waals surface area (Å²) < 4.78 is 16.2. The quantitative estimate of drug-likeness (QED) is 0.0469. The largest absolute Gasteiger partial charge is 0.493 e. The van der Waals surface area contributed by atoms with Crippen LogP contribution in [-0.2, 0) is 27.2 Å². The Morgan fingerprint density at radius 1 is 0.782 bits per heavy atom. The van der Waals surface area contributed by atoms with E-state index in [1.807, 2.05) is 36.4 Å². The summed E-state index contributed by atoms with van der Waals surface area (Å²) in [5.41, 5.74) is 3.46. The number of para-hydroxylation sites is 1. The summed E-state index contributed by atoms with van der Waals surface area (Å²) in [6.45, 7) is 0. The van der Waals surface area contributed by atoms with E-state index in [4.69, 9.17) is 14.2 Å². The molecule has 5 aromatic rings. The minimum atomic E-state index is -0.708. The van der Waals surface area contributed by atoms with Gasteiger partial charge in [-0.1, -0.05) is 73.2 Å². The molecule has 1 unspecified atom stereocenters. The van der Waals surface area contributed by atoms with Crippen LogP contribution < -0.4 is 25.4 Å². The molecule has 0 saturated heterocycles. The van der Waals surface area contributed by atoms with Crippen LogP contribution in [0.5, 0.6) is 11.5 Å². The minimum Gasteiger partial charge on any atom is -0.493 e. The van der Waals surface area contributed by atoms with Gasteiger partial charge in [0.1, 0.15) is 15.9 Å². The second-order valence-electron chi connectivity index (χ2n) is 12.6. The highest BCUT2D eigenvalue weighted by molar-refractivity contribution is 8.00. The zero-order valence-electron chi connectivity index (χ0n) is 30.7. The first-order valence-electron chi connectivity index (χ1n) is 17.8. The molecule has 12 heteroatoms. The van der Waals surface area contributed by atoms with Gasteiger partial charge in [-0.2, -0.15) is 0 Å². The van der Waals surface area contributed by atoms with E-state index in [2.05, 4.69) is 16.0 Å². The highest BCUT2D eigenvalue weighted by Crippen LogP contribution is 2.41. The first-order valence-corrected chi connectivity index (χ1v) is 19.4. The highest BCUT2D eigenvalue weighted by atomic mass is 32.2. The Kier molecular flexibility index (Phi) is 13.0. The van der Waals surface area contributed by atoms with E-state index >= 15 is 0 Å². The molecule has 0 radical (unpaired) electrons. The predicted molar refractivity (Wildman–Crippen MR) is 217 cm³/mol. The molecule has 282 valence electrons. The Bertz CT molecular complexity index is 2200. The van der Waals surface area contributed by atoms with Gasteiger partial charge < -0.3 is 30.2 Å². The average Bonchev–Trinajstić information content (AvgIpc) is 3.38. The molecular formula is C43H41N3O7S2. The van der Waals surface area contributed by atoms with Crippen LogP contribution in [0.15, 0.2) is 114 Å². The lowest BCUT2D eigenvalue weighted by molar-refractivity contribution is -0.116. The zero-order valence-corrected chi connectivity index (χ0v) is 32.3. The van der Waals surface area contributed by atoms with Crippen LogP contribution in [0.1, 0.15) is 66.8 Å². The molecular weight excluding hydrogens is 735 g/mol. The lowest BCUT2D eigenvalue weighted by Crippen LogP contribution is -2.30. The van der Waals surface area contributed by atoms with Gasteiger partial charge in [0, 0.05) is 26.6 Å². The molecule has 10 nitrogen and oxygen atoms in total. The Morgan fingerprint density at radius 3 is 2.24 bits per heavy atom. The second kappa shape index (κ2) is 18.5. The monoisotopic (exact) mass is 775 g/mol. The Hall–Kier alpha value is -5.85. The number of carbonyl (C=O) groups excluding carboxylic acids is 4.